The molecule has 6 heterocycles. The van der Waals surface area contributed by atoms with Gasteiger partial charge < -0.3 is 19.5 Å². The number of fused-ring (bicyclic) bond motifs is 3. The third kappa shape index (κ3) is 5.14. The fourth-order valence-corrected chi connectivity index (χ4v) is 8.60. The Balaban J connectivity index is 1.24. The number of aliphatic hydroxyl groups excluding tert-OH is 1. The van der Waals surface area contributed by atoms with Crippen LogP contribution >= 0.6 is 11.6 Å². The van der Waals surface area contributed by atoms with Gasteiger partial charge in [0.25, 0.3) is 0 Å². The second-order valence-corrected chi connectivity index (χ2v) is 13.7. The second kappa shape index (κ2) is 11.9. The van der Waals surface area contributed by atoms with Crippen molar-refractivity contribution in [3.05, 3.63) is 66.1 Å². The summed E-state index contributed by atoms with van der Waals surface area (Å²) in [7, 11) is 0. The number of anilines is 1. The van der Waals surface area contributed by atoms with Crippen molar-refractivity contribution >= 4 is 39.1 Å². The molecule has 0 aliphatic carbocycles. The number of halogens is 3. The summed E-state index contributed by atoms with van der Waals surface area (Å²) in [6.07, 6.45) is 4.32. The lowest BCUT2D eigenvalue weighted by molar-refractivity contribution is -0.0516. The summed E-state index contributed by atoms with van der Waals surface area (Å²) in [4.78, 5) is 20.4. The third-order valence-electron chi connectivity index (χ3n) is 10.6. The van der Waals surface area contributed by atoms with Gasteiger partial charge in [-0.1, -0.05) is 48.5 Å². The van der Waals surface area contributed by atoms with E-state index in [4.69, 9.17) is 26.1 Å². The maximum atomic E-state index is 16.9. The molecule has 0 saturated carbocycles. The third-order valence-corrected chi connectivity index (χ3v) is 10.9. The Morgan fingerprint density at radius 1 is 1.17 bits per heavy atom. The molecule has 4 atom stereocenters. The van der Waals surface area contributed by atoms with Gasteiger partial charge in [-0.25, -0.2) is 8.78 Å². The normalized spacial score (nSPS) is 27.2. The van der Waals surface area contributed by atoms with Crippen LogP contribution in [0.1, 0.15) is 25.7 Å². The summed E-state index contributed by atoms with van der Waals surface area (Å²) < 4.78 is 43.6. The van der Waals surface area contributed by atoms with Crippen LogP contribution in [0.2, 0.25) is 5.02 Å². The van der Waals surface area contributed by atoms with Gasteiger partial charge in [0.2, 0.25) is 0 Å². The van der Waals surface area contributed by atoms with Crippen molar-refractivity contribution in [3.63, 3.8) is 0 Å². The van der Waals surface area contributed by atoms with Gasteiger partial charge in [-0.2, -0.15) is 9.97 Å². The standard InChI is InChI=1S/C35H37ClF2N6O3/c1-2-27(45)44-14-13-42(19-35(44)11-15-46-20-35)32-25-17-39-30(24-8-3-6-22-7-4-9-26(36)28(22)24)29(38)31(25)40-33(41-32)47-21-34-10-5-12-43(34)18-23(37)16-34/h2-4,6-9,17,23,27,45H,1,5,10-16,18-21H2/t23-,27?,34+,35+/m1/s1. The van der Waals surface area contributed by atoms with Gasteiger partial charge in [0, 0.05) is 61.4 Å². The highest BCUT2D eigenvalue weighted by Crippen LogP contribution is 2.42. The molecule has 246 valence electrons. The zero-order chi connectivity index (χ0) is 32.3. The van der Waals surface area contributed by atoms with E-state index in [1.165, 1.54) is 6.08 Å². The molecule has 0 amide bonds. The van der Waals surface area contributed by atoms with Crippen LogP contribution in [-0.2, 0) is 4.74 Å². The average Bonchev–Trinajstić information content (AvgIpc) is 3.78. The van der Waals surface area contributed by atoms with E-state index in [0.717, 1.165) is 24.8 Å². The largest absolute Gasteiger partial charge is 0.461 e. The molecule has 4 aromatic rings. The topological polar surface area (TPSA) is 87.1 Å². The minimum absolute atomic E-state index is 0.0355. The van der Waals surface area contributed by atoms with Crippen molar-refractivity contribution in [3.8, 4) is 17.3 Å². The molecule has 47 heavy (non-hydrogen) atoms. The van der Waals surface area contributed by atoms with Crippen molar-refractivity contribution in [2.45, 2.75) is 49.2 Å². The molecule has 12 heteroatoms. The second-order valence-electron chi connectivity index (χ2n) is 13.3. The summed E-state index contributed by atoms with van der Waals surface area (Å²) in [6.45, 7) is 7.73. The molecule has 2 aromatic carbocycles. The summed E-state index contributed by atoms with van der Waals surface area (Å²) in [6, 6.07) is 11.2. The smallest absolute Gasteiger partial charge is 0.319 e. The lowest BCUT2D eigenvalue weighted by Crippen LogP contribution is -2.65. The first kappa shape index (κ1) is 30.8. The number of benzene rings is 2. The number of hydrogen-bond donors (Lipinski definition) is 1. The maximum Gasteiger partial charge on any atom is 0.319 e. The molecule has 1 spiro atoms. The van der Waals surface area contributed by atoms with Crippen LogP contribution in [0.3, 0.4) is 0 Å². The zero-order valence-corrected chi connectivity index (χ0v) is 26.8. The van der Waals surface area contributed by atoms with E-state index in [0.29, 0.717) is 79.4 Å². The van der Waals surface area contributed by atoms with E-state index >= 15 is 4.39 Å². The summed E-state index contributed by atoms with van der Waals surface area (Å²) >= 11 is 6.62. The van der Waals surface area contributed by atoms with Gasteiger partial charge in [-0.05, 0) is 43.3 Å². The van der Waals surface area contributed by atoms with Crippen LogP contribution in [0.15, 0.2) is 55.3 Å². The van der Waals surface area contributed by atoms with Gasteiger partial charge in [0.15, 0.2) is 5.82 Å². The molecule has 4 aliphatic heterocycles. The molecule has 9 nitrogen and oxygen atoms in total. The van der Waals surface area contributed by atoms with Gasteiger partial charge in [0.05, 0.1) is 23.1 Å². The van der Waals surface area contributed by atoms with E-state index in [-0.39, 0.29) is 23.8 Å². The lowest BCUT2D eigenvalue weighted by Gasteiger charge is -2.49. The van der Waals surface area contributed by atoms with Crippen molar-refractivity contribution < 1.29 is 23.4 Å². The Morgan fingerprint density at radius 2 is 2.02 bits per heavy atom. The van der Waals surface area contributed by atoms with Crippen LogP contribution in [-0.4, -0.2) is 106 Å². The van der Waals surface area contributed by atoms with Gasteiger partial charge >= 0.3 is 6.01 Å². The fourth-order valence-electron chi connectivity index (χ4n) is 8.31. The van der Waals surface area contributed by atoms with Gasteiger partial charge in [-0.15, -0.1) is 0 Å². The predicted molar refractivity (Wildman–Crippen MR) is 177 cm³/mol. The van der Waals surface area contributed by atoms with E-state index in [1.807, 2.05) is 29.2 Å². The highest BCUT2D eigenvalue weighted by molar-refractivity contribution is 6.36. The molecule has 4 aliphatic rings. The SMILES string of the molecule is C=CC(O)N1CCN(c2nc(OC[C@@]34CCCN3C[C@H](F)C4)nc3c(F)c(-c4cccc5cccc(Cl)c45)ncc23)C[C@]12CCOC2. The first-order chi connectivity index (χ1) is 22.8. The fraction of sp³-hybridized carbons (Fsp3) is 0.457. The highest BCUT2D eigenvalue weighted by Gasteiger charge is 2.50. The summed E-state index contributed by atoms with van der Waals surface area (Å²) in [5, 5.41) is 13.3. The molecule has 8 rings (SSSR count). The number of nitrogens with zero attached hydrogens (tertiary/aromatic N) is 6. The molecular formula is C35H37ClF2N6O3. The van der Waals surface area contributed by atoms with Crippen molar-refractivity contribution in [2.24, 2.45) is 0 Å². The van der Waals surface area contributed by atoms with Crippen LogP contribution in [0.25, 0.3) is 32.9 Å². The number of alkyl halides is 1. The number of hydrogen-bond acceptors (Lipinski definition) is 9. The number of pyridine rings is 1. The molecular weight excluding hydrogens is 626 g/mol. The predicted octanol–water partition coefficient (Wildman–Crippen LogP) is 5.38. The number of rotatable bonds is 7. The van der Waals surface area contributed by atoms with Gasteiger partial charge in [0.1, 0.15) is 36.0 Å². The molecule has 1 N–H and O–H groups in total. The monoisotopic (exact) mass is 662 g/mol. The van der Waals surface area contributed by atoms with Crippen LogP contribution < -0.4 is 9.64 Å². The Labute approximate surface area is 276 Å². The Kier molecular flexibility index (Phi) is 7.80. The summed E-state index contributed by atoms with van der Waals surface area (Å²) in [5.41, 5.74) is -0.136. The number of piperazine rings is 1. The minimum atomic E-state index is -0.905. The van der Waals surface area contributed by atoms with Crippen LogP contribution in [0.5, 0.6) is 6.01 Å². The minimum Gasteiger partial charge on any atom is -0.461 e. The van der Waals surface area contributed by atoms with Crippen LogP contribution in [0, 0.1) is 5.82 Å². The van der Waals surface area contributed by atoms with Gasteiger partial charge in [-0.3, -0.25) is 14.8 Å². The molecule has 0 radical (unpaired) electrons. The Bertz CT molecular complexity index is 1850. The maximum absolute atomic E-state index is 16.9. The molecule has 2 aromatic heterocycles. The molecule has 1 unspecified atom stereocenters. The van der Waals surface area contributed by atoms with E-state index in [9.17, 15) is 9.50 Å². The number of ether oxygens (including phenoxy) is 2. The first-order valence-electron chi connectivity index (χ1n) is 16.3. The summed E-state index contributed by atoms with van der Waals surface area (Å²) in [5.74, 6) is -0.109. The molecule has 4 fully saturated rings. The average molecular weight is 663 g/mol. The molecule has 0 bridgehead atoms. The van der Waals surface area contributed by atoms with Crippen molar-refractivity contribution in [2.75, 3.05) is 57.4 Å². The number of aliphatic hydroxyl groups is 1. The van der Waals surface area contributed by atoms with Crippen molar-refractivity contribution in [1.82, 2.24) is 24.8 Å². The Morgan fingerprint density at radius 3 is 2.83 bits per heavy atom. The lowest BCUT2D eigenvalue weighted by atomic mass is 9.92. The van der Waals surface area contributed by atoms with E-state index < -0.39 is 29.3 Å². The van der Waals surface area contributed by atoms with Crippen molar-refractivity contribution in [1.29, 1.82) is 0 Å². The van der Waals surface area contributed by atoms with Crippen LogP contribution in [0.4, 0.5) is 14.6 Å². The van der Waals surface area contributed by atoms with E-state index in [2.05, 4.69) is 26.3 Å². The van der Waals surface area contributed by atoms with E-state index in [1.54, 1.807) is 18.3 Å². The zero-order valence-electron chi connectivity index (χ0n) is 26.0. The first-order valence-corrected chi connectivity index (χ1v) is 16.6. The Hall–Kier alpha value is -3.48. The molecule has 4 saturated heterocycles. The quantitative estimate of drug-likeness (QED) is 0.262. The highest BCUT2D eigenvalue weighted by atomic mass is 35.5. The number of aromatic nitrogens is 3.